The van der Waals surface area contributed by atoms with E-state index >= 15 is 0 Å². The lowest BCUT2D eigenvalue weighted by atomic mass is 10.00. The Balaban J connectivity index is 1.29. The van der Waals surface area contributed by atoms with E-state index in [2.05, 4.69) is 10.3 Å². The Morgan fingerprint density at radius 3 is 2.19 bits per heavy atom. The zero-order valence-corrected chi connectivity index (χ0v) is 24.0. The molecule has 3 heterocycles. The molecule has 0 aliphatic carbocycles. The molecule has 3 aromatic carbocycles. The van der Waals surface area contributed by atoms with Crippen LogP contribution in [0.25, 0.3) is 6.08 Å². The molecule has 2 amide bonds. The number of ether oxygens (including phenoxy) is 1. The first-order chi connectivity index (χ1) is 21.1. The van der Waals surface area contributed by atoms with Gasteiger partial charge in [-0.25, -0.2) is 4.79 Å². The minimum absolute atomic E-state index is 0.168. The molecule has 0 bridgehead atoms. The zero-order chi connectivity index (χ0) is 29.6. The van der Waals surface area contributed by atoms with Gasteiger partial charge < -0.3 is 10.1 Å². The third-order valence-electron chi connectivity index (χ3n) is 7.31. The molecule has 0 spiro atoms. The Hall–Kier alpha value is -4.95. The van der Waals surface area contributed by atoms with Crippen LogP contribution in [0.3, 0.4) is 0 Å². The van der Waals surface area contributed by atoms with Gasteiger partial charge in [-0.15, -0.1) is 11.8 Å². The van der Waals surface area contributed by atoms with Crippen LogP contribution in [0.5, 0.6) is 0 Å². The maximum absolute atomic E-state index is 14.1. The van der Waals surface area contributed by atoms with Gasteiger partial charge in [0, 0.05) is 18.1 Å². The summed E-state index contributed by atoms with van der Waals surface area (Å²) in [6, 6.07) is 31.5. The zero-order valence-electron chi connectivity index (χ0n) is 23.2. The van der Waals surface area contributed by atoms with Crippen molar-refractivity contribution in [2.24, 2.45) is 0 Å². The molecule has 1 unspecified atom stereocenters. The van der Waals surface area contributed by atoms with Crippen molar-refractivity contribution in [3.63, 3.8) is 0 Å². The Morgan fingerprint density at radius 1 is 0.907 bits per heavy atom. The predicted molar refractivity (Wildman–Crippen MR) is 166 cm³/mol. The lowest BCUT2D eigenvalue weighted by Gasteiger charge is -2.49. The molecule has 0 radical (unpaired) electrons. The highest BCUT2D eigenvalue weighted by Gasteiger charge is 2.54. The van der Waals surface area contributed by atoms with Gasteiger partial charge in [-0.3, -0.25) is 19.5 Å². The first-order valence-electron chi connectivity index (χ1n) is 14.0. The number of benzene rings is 3. The number of thioether (sulfide) groups is 1. The highest BCUT2D eigenvalue weighted by Crippen LogP contribution is 2.42. The molecule has 2 aliphatic heterocycles. The van der Waals surface area contributed by atoms with E-state index in [1.54, 1.807) is 12.4 Å². The summed E-state index contributed by atoms with van der Waals surface area (Å²) in [7, 11) is 0. The smallest absolute Gasteiger partial charge is 0.356 e. The molecule has 7 nitrogen and oxygen atoms in total. The highest BCUT2D eigenvalue weighted by molar-refractivity contribution is 8.00. The van der Waals surface area contributed by atoms with Gasteiger partial charge in [-0.2, -0.15) is 0 Å². The van der Waals surface area contributed by atoms with Crippen LogP contribution in [0.15, 0.2) is 133 Å². The summed E-state index contributed by atoms with van der Waals surface area (Å²) in [5, 5.41) is 2.47. The van der Waals surface area contributed by atoms with Crippen molar-refractivity contribution in [2.75, 3.05) is 5.75 Å². The number of rotatable bonds is 9. The Morgan fingerprint density at radius 2 is 1.56 bits per heavy atom. The van der Waals surface area contributed by atoms with Gasteiger partial charge in [0.05, 0.1) is 6.42 Å². The quantitative estimate of drug-likeness (QED) is 0.211. The summed E-state index contributed by atoms with van der Waals surface area (Å²) in [6.07, 6.45) is 6.62. The van der Waals surface area contributed by atoms with Gasteiger partial charge in [-0.1, -0.05) is 109 Å². The van der Waals surface area contributed by atoms with Gasteiger partial charge in [0.25, 0.3) is 5.91 Å². The number of nitrogens with one attached hydrogen (secondary N) is 1. The van der Waals surface area contributed by atoms with E-state index < -0.39 is 23.5 Å². The maximum atomic E-state index is 14.1. The molecule has 214 valence electrons. The SMILES string of the molecule is O=C(Cc1ccccc1)NC1C(=O)N2C(C(=O)OC(c3ccccc3)c3ccccc3)=C(C=Cc3cccnc3)CS[C@@H]12. The summed E-state index contributed by atoms with van der Waals surface area (Å²) in [4.78, 5) is 46.1. The van der Waals surface area contributed by atoms with Crippen LogP contribution in [0, 0.1) is 0 Å². The molecule has 43 heavy (non-hydrogen) atoms. The largest absolute Gasteiger partial charge is 0.448 e. The molecule has 1 saturated heterocycles. The fourth-order valence-electron chi connectivity index (χ4n) is 5.18. The average Bonchev–Trinajstić information content (AvgIpc) is 3.06. The van der Waals surface area contributed by atoms with Crippen LogP contribution in [0.1, 0.15) is 28.4 Å². The van der Waals surface area contributed by atoms with Crippen molar-refractivity contribution in [1.29, 1.82) is 0 Å². The number of carbonyl (C=O) groups is 3. The van der Waals surface area contributed by atoms with Crippen molar-refractivity contribution in [2.45, 2.75) is 23.9 Å². The van der Waals surface area contributed by atoms with Crippen LogP contribution in [0.2, 0.25) is 0 Å². The number of allylic oxidation sites excluding steroid dienone is 1. The van der Waals surface area contributed by atoms with Crippen molar-refractivity contribution < 1.29 is 19.1 Å². The Labute approximate surface area is 254 Å². The third-order valence-corrected chi connectivity index (χ3v) is 8.61. The number of aromatic nitrogens is 1. The van der Waals surface area contributed by atoms with Gasteiger partial charge in [0.2, 0.25) is 5.91 Å². The van der Waals surface area contributed by atoms with Crippen LogP contribution < -0.4 is 5.32 Å². The van der Waals surface area contributed by atoms with E-state index in [-0.39, 0.29) is 23.9 Å². The first kappa shape index (κ1) is 28.2. The number of amides is 2. The van der Waals surface area contributed by atoms with Crippen LogP contribution in [-0.2, 0) is 25.5 Å². The van der Waals surface area contributed by atoms with Crippen molar-refractivity contribution in [3.05, 3.63) is 155 Å². The molecule has 1 aromatic heterocycles. The second-order valence-electron chi connectivity index (χ2n) is 10.2. The van der Waals surface area contributed by atoms with Gasteiger partial charge in [0.15, 0.2) is 6.10 Å². The molecule has 4 aromatic rings. The fraction of sp³-hybridized carbons (Fsp3) is 0.143. The van der Waals surface area contributed by atoms with Crippen LogP contribution in [-0.4, -0.2) is 44.8 Å². The molecule has 8 heteroatoms. The third kappa shape index (κ3) is 6.29. The molecule has 2 atom stereocenters. The van der Waals surface area contributed by atoms with Gasteiger partial charge >= 0.3 is 5.97 Å². The number of fused-ring (bicyclic) bond motifs is 1. The number of β-lactam (4-membered cyclic amide) rings is 1. The Bertz CT molecular complexity index is 1620. The predicted octanol–water partition coefficient (Wildman–Crippen LogP) is 5.32. The minimum atomic E-state index is -0.730. The Kier molecular flexibility index (Phi) is 8.47. The average molecular weight is 588 g/mol. The topological polar surface area (TPSA) is 88.6 Å². The lowest BCUT2D eigenvalue weighted by molar-refractivity contribution is -0.154. The molecule has 2 aliphatic rings. The second kappa shape index (κ2) is 12.9. The minimum Gasteiger partial charge on any atom is -0.448 e. The van der Waals surface area contributed by atoms with E-state index in [0.717, 1.165) is 22.3 Å². The first-order valence-corrected chi connectivity index (χ1v) is 15.0. The van der Waals surface area contributed by atoms with Crippen LogP contribution >= 0.6 is 11.8 Å². The monoisotopic (exact) mass is 587 g/mol. The van der Waals surface area contributed by atoms with E-state index in [9.17, 15) is 14.4 Å². The van der Waals surface area contributed by atoms with E-state index in [4.69, 9.17) is 4.74 Å². The van der Waals surface area contributed by atoms with Gasteiger partial charge in [0.1, 0.15) is 17.1 Å². The van der Waals surface area contributed by atoms with E-state index in [0.29, 0.717) is 11.3 Å². The maximum Gasteiger partial charge on any atom is 0.356 e. The number of esters is 1. The summed E-state index contributed by atoms with van der Waals surface area (Å²) >= 11 is 1.51. The lowest BCUT2D eigenvalue weighted by Crippen LogP contribution is -2.70. The molecular weight excluding hydrogens is 558 g/mol. The van der Waals surface area contributed by atoms with Crippen molar-refractivity contribution >= 4 is 35.6 Å². The van der Waals surface area contributed by atoms with E-state index in [1.807, 2.05) is 115 Å². The number of hydrogen-bond donors (Lipinski definition) is 1. The highest BCUT2D eigenvalue weighted by atomic mass is 32.2. The van der Waals surface area contributed by atoms with Gasteiger partial charge in [-0.05, 0) is 33.9 Å². The molecular formula is C35H29N3O4S. The summed E-state index contributed by atoms with van der Waals surface area (Å²) in [5.41, 5.74) is 4.22. The summed E-state index contributed by atoms with van der Waals surface area (Å²) < 4.78 is 6.21. The van der Waals surface area contributed by atoms with Crippen molar-refractivity contribution in [1.82, 2.24) is 15.2 Å². The van der Waals surface area contributed by atoms with Crippen molar-refractivity contribution in [3.8, 4) is 0 Å². The molecule has 0 saturated carbocycles. The summed E-state index contributed by atoms with van der Waals surface area (Å²) in [5.74, 6) is -0.722. The molecule has 1 N–H and O–H groups in total. The fourth-order valence-corrected chi connectivity index (χ4v) is 6.50. The number of nitrogens with zero attached hydrogens (tertiary/aromatic N) is 2. The second-order valence-corrected chi connectivity index (χ2v) is 11.3. The standard InChI is InChI=1S/C35H29N3O4S/c39-29(21-24-11-4-1-5-12-24)37-30-33(40)38-31(28(23-43-34(30)38)19-18-25-13-10-20-36-22-25)35(41)42-32(26-14-6-2-7-15-26)27-16-8-3-9-17-27/h1-20,22,30,32,34H,21,23H2,(H,37,39)/t30?,34-/m0/s1. The summed E-state index contributed by atoms with van der Waals surface area (Å²) in [6.45, 7) is 0. The number of hydrogen-bond acceptors (Lipinski definition) is 6. The van der Waals surface area contributed by atoms with Crippen LogP contribution in [0.4, 0.5) is 0 Å². The number of pyridine rings is 1. The molecule has 6 rings (SSSR count). The number of carbonyl (C=O) groups excluding carboxylic acids is 3. The van der Waals surface area contributed by atoms with E-state index in [1.165, 1.54) is 16.7 Å². The molecule has 1 fully saturated rings. The normalized spacial score (nSPS) is 17.9.